The van der Waals surface area contributed by atoms with Gasteiger partial charge >= 0.3 is 0 Å². The maximum atomic E-state index is 13.9. The van der Waals surface area contributed by atoms with E-state index in [1.54, 1.807) is 0 Å². The molecule has 1 aliphatic heterocycles. The lowest BCUT2D eigenvalue weighted by molar-refractivity contribution is -0.136. The van der Waals surface area contributed by atoms with Gasteiger partial charge in [0.2, 0.25) is 5.91 Å². The normalized spacial score (nSPS) is 13.9. The SMILES string of the molecule is Cc1nc2c(c(=O)n1C(c1ccccc1)c1ccccc1)CCN(C(=O)C(C)Cc1ccccc1)C2. The van der Waals surface area contributed by atoms with Gasteiger partial charge in [0.25, 0.3) is 5.56 Å². The van der Waals surface area contributed by atoms with Crippen LogP contribution in [0.2, 0.25) is 0 Å². The molecule has 0 fully saturated rings. The Hall–Kier alpha value is -3.99. The number of amides is 1. The van der Waals surface area contributed by atoms with Crippen molar-refractivity contribution in [2.75, 3.05) is 6.54 Å². The number of hydrogen-bond donors (Lipinski definition) is 0. The Morgan fingerprint density at radius 1 is 0.889 bits per heavy atom. The van der Waals surface area contributed by atoms with Gasteiger partial charge in [0.15, 0.2) is 0 Å². The van der Waals surface area contributed by atoms with E-state index in [2.05, 4.69) is 36.4 Å². The predicted octanol–water partition coefficient (Wildman–Crippen LogP) is 4.95. The Kier molecular flexibility index (Phi) is 6.81. The van der Waals surface area contributed by atoms with Gasteiger partial charge in [-0.2, -0.15) is 0 Å². The van der Waals surface area contributed by atoms with Gasteiger partial charge in [0.05, 0.1) is 18.3 Å². The molecule has 1 unspecified atom stereocenters. The van der Waals surface area contributed by atoms with Gasteiger partial charge in [-0.05, 0) is 36.5 Å². The molecule has 1 aliphatic rings. The number of carbonyl (C=O) groups excluding carboxylic acids is 1. The molecule has 0 spiro atoms. The Labute approximate surface area is 212 Å². The maximum Gasteiger partial charge on any atom is 0.257 e. The molecule has 1 aromatic heterocycles. The second kappa shape index (κ2) is 10.3. The number of rotatable bonds is 6. The molecule has 1 amide bonds. The van der Waals surface area contributed by atoms with Crippen LogP contribution in [0.5, 0.6) is 0 Å². The second-order valence-corrected chi connectivity index (χ2v) is 9.58. The highest BCUT2D eigenvalue weighted by Gasteiger charge is 2.30. The lowest BCUT2D eigenvalue weighted by atomic mass is 9.96. The lowest BCUT2D eigenvalue weighted by Crippen LogP contribution is -2.43. The van der Waals surface area contributed by atoms with E-state index >= 15 is 0 Å². The third kappa shape index (κ3) is 4.74. The molecule has 0 aliphatic carbocycles. The molecular weight excluding hydrogens is 446 g/mol. The quantitative estimate of drug-likeness (QED) is 0.395. The molecule has 0 saturated heterocycles. The molecule has 0 saturated carbocycles. The van der Waals surface area contributed by atoms with Crippen molar-refractivity contribution in [3.8, 4) is 0 Å². The van der Waals surface area contributed by atoms with Crippen LogP contribution in [0.4, 0.5) is 0 Å². The third-order valence-electron chi connectivity index (χ3n) is 7.05. The molecular formula is C31H31N3O2. The van der Waals surface area contributed by atoms with E-state index in [9.17, 15) is 9.59 Å². The summed E-state index contributed by atoms with van der Waals surface area (Å²) in [6.07, 6.45) is 1.22. The van der Waals surface area contributed by atoms with Crippen molar-refractivity contribution >= 4 is 5.91 Å². The maximum absolute atomic E-state index is 13.9. The minimum absolute atomic E-state index is 0.0142. The highest BCUT2D eigenvalue weighted by atomic mass is 16.2. The number of carbonyl (C=O) groups is 1. The molecule has 2 heterocycles. The van der Waals surface area contributed by atoms with Gasteiger partial charge in [-0.25, -0.2) is 4.98 Å². The molecule has 182 valence electrons. The first-order valence-electron chi connectivity index (χ1n) is 12.6. The predicted molar refractivity (Wildman–Crippen MR) is 142 cm³/mol. The van der Waals surface area contributed by atoms with Crippen LogP contribution in [0.1, 0.15) is 46.7 Å². The van der Waals surface area contributed by atoms with Gasteiger partial charge in [-0.15, -0.1) is 0 Å². The van der Waals surface area contributed by atoms with E-state index < -0.39 is 0 Å². The standard InChI is InChI=1S/C31H31N3O2/c1-22(20-24-12-6-3-7-13-24)30(35)33-19-18-27-28(21-33)32-23(2)34(31(27)36)29(25-14-8-4-9-15-25)26-16-10-5-11-17-26/h3-17,22,29H,18-21H2,1-2H3. The zero-order valence-electron chi connectivity index (χ0n) is 20.8. The molecule has 0 radical (unpaired) electrons. The molecule has 0 bridgehead atoms. The third-order valence-corrected chi connectivity index (χ3v) is 7.05. The zero-order chi connectivity index (χ0) is 25.1. The topological polar surface area (TPSA) is 55.2 Å². The Morgan fingerprint density at radius 2 is 1.44 bits per heavy atom. The fourth-order valence-corrected chi connectivity index (χ4v) is 5.24. The van der Waals surface area contributed by atoms with Gasteiger partial charge in [0, 0.05) is 18.0 Å². The average Bonchev–Trinajstić information content (AvgIpc) is 2.91. The summed E-state index contributed by atoms with van der Waals surface area (Å²) in [6, 6.07) is 30.0. The van der Waals surface area contributed by atoms with Crippen LogP contribution < -0.4 is 5.56 Å². The minimum atomic E-state index is -0.261. The van der Waals surface area contributed by atoms with Crippen LogP contribution in [-0.2, 0) is 24.2 Å². The van der Waals surface area contributed by atoms with Crippen molar-refractivity contribution < 1.29 is 4.79 Å². The first-order valence-corrected chi connectivity index (χ1v) is 12.6. The molecule has 5 nitrogen and oxygen atoms in total. The number of hydrogen-bond acceptors (Lipinski definition) is 3. The van der Waals surface area contributed by atoms with Crippen LogP contribution in [0.3, 0.4) is 0 Å². The smallest absolute Gasteiger partial charge is 0.257 e. The molecule has 0 N–H and O–H groups in total. The van der Waals surface area contributed by atoms with E-state index in [4.69, 9.17) is 4.98 Å². The van der Waals surface area contributed by atoms with E-state index in [1.165, 1.54) is 0 Å². The summed E-state index contributed by atoms with van der Waals surface area (Å²) >= 11 is 0. The Balaban J connectivity index is 1.46. The van der Waals surface area contributed by atoms with Gasteiger partial charge < -0.3 is 4.90 Å². The van der Waals surface area contributed by atoms with Crippen LogP contribution in [0.15, 0.2) is 95.8 Å². The highest BCUT2D eigenvalue weighted by molar-refractivity contribution is 5.79. The fraction of sp³-hybridized carbons (Fsp3) is 0.258. The summed E-state index contributed by atoms with van der Waals surface area (Å²) in [7, 11) is 0. The Morgan fingerprint density at radius 3 is 2.03 bits per heavy atom. The largest absolute Gasteiger partial charge is 0.336 e. The number of fused-ring (bicyclic) bond motifs is 1. The number of aromatic nitrogens is 2. The molecule has 4 aromatic rings. The van der Waals surface area contributed by atoms with E-state index in [-0.39, 0.29) is 23.4 Å². The number of benzene rings is 3. The van der Waals surface area contributed by atoms with Crippen molar-refractivity contribution in [1.29, 1.82) is 0 Å². The molecule has 5 heteroatoms. The highest BCUT2D eigenvalue weighted by Crippen LogP contribution is 2.27. The van der Waals surface area contributed by atoms with Crippen molar-refractivity contribution in [2.45, 2.75) is 39.3 Å². The number of nitrogens with zero attached hydrogens (tertiary/aromatic N) is 3. The van der Waals surface area contributed by atoms with Crippen LogP contribution >= 0.6 is 0 Å². The summed E-state index contributed by atoms with van der Waals surface area (Å²) in [4.78, 5) is 33.9. The summed E-state index contributed by atoms with van der Waals surface area (Å²) in [6.45, 7) is 4.78. The summed E-state index contributed by atoms with van der Waals surface area (Å²) < 4.78 is 1.82. The first-order chi connectivity index (χ1) is 17.5. The minimum Gasteiger partial charge on any atom is -0.336 e. The molecule has 3 aromatic carbocycles. The fourth-order valence-electron chi connectivity index (χ4n) is 5.24. The number of aryl methyl sites for hydroxylation is 1. The summed E-state index contributed by atoms with van der Waals surface area (Å²) in [5.41, 5.74) is 4.66. The molecule has 5 rings (SSSR count). The Bertz CT molecular complexity index is 1360. The summed E-state index contributed by atoms with van der Waals surface area (Å²) in [5.74, 6) is 0.638. The zero-order valence-corrected chi connectivity index (χ0v) is 20.8. The molecule has 1 atom stereocenters. The van der Waals surface area contributed by atoms with E-state index in [0.717, 1.165) is 27.9 Å². The van der Waals surface area contributed by atoms with Crippen LogP contribution in [0, 0.1) is 12.8 Å². The van der Waals surface area contributed by atoms with Crippen molar-refractivity contribution in [3.05, 3.63) is 135 Å². The van der Waals surface area contributed by atoms with Crippen molar-refractivity contribution in [1.82, 2.24) is 14.5 Å². The molecule has 36 heavy (non-hydrogen) atoms. The van der Waals surface area contributed by atoms with Crippen LogP contribution in [0.25, 0.3) is 0 Å². The van der Waals surface area contributed by atoms with Crippen molar-refractivity contribution in [3.63, 3.8) is 0 Å². The first kappa shape index (κ1) is 23.7. The van der Waals surface area contributed by atoms with Gasteiger partial charge in [-0.1, -0.05) is 97.9 Å². The van der Waals surface area contributed by atoms with Crippen molar-refractivity contribution in [2.24, 2.45) is 5.92 Å². The van der Waals surface area contributed by atoms with E-state index in [1.807, 2.05) is 77.9 Å². The van der Waals surface area contributed by atoms with Crippen LogP contribution in [-0.4, -0.2) is 26.9 Å². The lowest BCUT2D eigenvalue weighted by Gasteiger charge is -2.32. The second-order valence-electron chi connectivity index (χ2n) is 9.58. The van der Waals surface area contributed by atoms with Gasteiger partial charge in [-0.3, -0.25) is 14.2 Å². The monoisotopic (exact) mass is 477 g/mol. The van der Waals surface area contributed by atoms with E-state index in [0.29, 0.717) is 31.8 Å². The summed E-state index contributed by atoms with van der Waals surface area (Å²) in [5, 5.41) is 0. The van der Waals surface area contributed by atoms with Gasteiger partial charge in [0.1, 0.15) is 5.82 Å². The average molecular weight is 478 g/mol.